The minimum atomic E-state index is -4.58. The molecule has 2 N–H and O–H groups in total. The van der Waals surface area contributed by atoms with Gasteiger partial charge in [0.25, 0.3) is 0 Å². The number of aromatic nitrogens is 2. The molecule has 0 bridgehead atoms. The first kappa shape index (κ1) is 21.4. The maximum absolute atomic E-state index is 13.3. The van der Waals surface area contributed by atoms with Gasteiger partial charge in [0, 0.05) is 17.6 Å². The number of rotatable bonds is 9. The van der Waals surface area contributed by atoms with Crippen molar-refractivity contribution in [3.05, 3.63) is 66.4 Å². The summed E-state index contributed by atoms with van der Waals surface area (Å²) < 4.78 is 45.7. The first-order valence-corrected chi connectivity index (χ1v) is 9.72. The SMILES string of the molecule is CCCCCOc1ccc(Nc2ncc(C(F)(F)F)c(Nc3ccccc3)n2)cc1. The van der Waals surface area contributed by atoms with E-state index in [1.165, 1.54) is 0 Å². The molecule has 0 fully saturated rings. The van der Waals surface area contributed by atoms with E-state index in [0.717, 1.165) is 31.2 Å². The zero-order valence-electron chi connectivity index (χ0n) is 16.5. The highest BCUT2D eigenvalue weighted by Crippen LogP contribution is 2.35. The van der Waals surface area contributed by atoms with Gasteiger partial charge in [0.2, 0.25) is 5.95 Å². The normalized spacial score (nSPS) is 11.2. The van der Waals surface area contributed by atoms with Crippen LogP contribution in [0, 0.1) is 0 Å². The van der Waals surface area contributed by atoms with Crippen molar-refractivity contribution in [1.82, 2.24) is 9.97 Å². The van der Waals surface area contributed by atoms with Crippen molar-refractivity contribution in [2.45, 2.75) is 32.4 Å². The van der Waals surface area contributed by atoms with Gasteiger partial charge in [0.05, 0.1) is 6.61 Å². The maximum atomic E-state index is 13.3. The van der Waals surface area contributed by atoms with Gasteiger partial charge in [-0.05, 0) is 42.8 Å². The Labute approximate surface area is 173 Å². The first-order chi connectivity index (χ1) is 14.5. The number of alkyl halides is 3. The largest absolute Gasteiger partial charge is 0.494 e. The molecule has 0 saturated heterocycles. The van der Waals surface area contributed by atoms with Crippen LogP contribution in [0.5, 0.6) is 5.75 Å². The number of halogens is 3. The zero-order chi connectivity index (χ0) is 21.4. The molecular weight excluding hydrogens is 393 g/mol. The first-order valence-electron chi connectivity index (χ1n) is 9.72. The van der Waals surface area contributed by atoms with Crippen LogP contribution in [0.3, 0.4) is 0 Å². The molecule has 0 unspecified atom stereocenters. The molecule has 5 nitrogen and oxygen atoms in total. The molecule has 0 atom stereocenters. The monoisotopic (exact) mass is 416 g/mol. The molecule has 0 spiro atoms. The maximum Gasteiger partial charge on any atom is 0.421 e. The van der Waals surface area contributed by atoms with E-state index in [-0.39, 0.29) is 11.8 Å². The van der Waals surface area contributed by atoms with Crippen LogP contribution in [0.25, 0.3) is 0 Å². The van der Waals surface area contributed by atoms with Crippen molar-refractivity contribution in [1.29, 1.82) is 0 Å². The summed E-state index contributed by atoms with van der Waals surface area (Å²) in [6.07, 6.45) is -0.573. The average Bonchev–Trinajstić information content (AvgIpc) is 2.72. The number of unbranched alkanes of at least 4 members (excludes halogenated alkanes) is 2. The van der Waals surface area contributed by atoms with E-state index in [4.69, 9.17) is 4.74 Å². The standard InChI is InChI=1S/C22H23F3N4O/c1-2-3-7-14-30-18-12-10-17(11-13-18)28-21-26-15-19(22(23,24)25)20(29-21)27-16-8-5-4-6-9-16/h4-6,8-13,15H,2-3,7,14H2,1H3,(H2,26,27,28,29). The Morgan fingerprint density at radius 1 is 0.900 bits per heavy atom. The molecule has 30 heavy (non-hydrogen) atoms. The molecule has 0 amide bonds. The molecule has 0 aliphatic rings. The summed E-state index contributed by atoms with van der Waals surface area (Å²) in [4.78, 5) is 7.86. The van der Waals surface area contributed by atoms with E-state index < -0.39 is 11.7 Å². The number of benzene rings is 2. The number of nitrogens with zero attached hydrogens (tertiary/aromatic N) is 2. The third-order valence-corrected chi connectivity index (χ3v) is 4.26. The van der Waals surface area contributed by atoms with Crippen LogP contribution < -0.4 is 15.4 Å². The number of para-hydroxylation sites is 1. The van der Waals surface area contributed by atoms with E-state index >= 15 is 0 Å². The van der Waals surface area contributed by atoms with E-state index in [2.05, 4.69) is 27.5 Å². The second-order valence-corrected chi connectivity index (χ2v) is 6.65. The van der Waals surface area contributed by atoms with Crippen molar-refractivity contribution >= 4 is 23.1 Å². The van der Waals surface area contributed by atoms with Gasteiger partial charge < -0.3 is 15.4 Å². The van der Waals surface area contributed by atoms with Crippen LogP contribution in [-0.4, -0.2) is 16.6 Å². The Bertz CT molecular complexity index is 931. The minimum Gasteiger partial charge on any atom is -0.494 e. The lowest BCUT2D eigenvalue weighted by Crippen LogP contribution is -2.12. The van der Waals surface area contributed by atoms with Gasteiger partial charge in [-0.15, -0.1) is 0 Å². The fraction of sp³-hybridized carbons (Fsp3) is 0.273. The second kappa shape index (κ2) is 9.96. The Kier molecular flexibility index (Phi) is 7.11. The third-order valence-electron chi connectivity index (χ3n) is 4.26. The summed E-state index contributed by atoms with van der Waals surface area (Å²) in [6, 6.07) is 15.7. The van der Waals surface area contributed by atoms with Gasteiger partial charge in [-0.3, -0.25) is 0 Å². The summed E-state index contributed by atoms with van der Waals surface area (Å²) >= 11 is 0. The van der Waals surface area contributed by atoms with Gasteiger partial charge in [0.1, 0.15) is 17.1 Å². The van der Waals surface area contributed by atoms with E-state index in [0.29, 0.717) is 18.0 Å². The summed E-state index contributed by atoms with van der Waals surface area (Å²) in [5.74, 6) is 0.469. The fourth-order valence-corrected chi connectivity index (χ4v) is 2.71. The van der Waals surface area contributed by atoms with Gasteiger partial charge in [-0.1, -0.05) is 38.0 Å². The minimum absolute atomic E-state index is 0.0537. The van der Waals surface area contributed by atoms with Crippen LogP contribution in [-0.2, 0) is 6.18 Å². The quantitative estimate of drug-likeness (QED) is 0.387. The molecule has 1 heterocycles. The number of anilines is 4. The average molecular weight is 416 g/mol. The molecule has 3 rings (SSSR count). The van der Waals surface area contributed by atoms with Crippen molar-refractivity contribution < 1.29 is 17.9 Å². The van der Waals surface area contributed by atoms with Crippen LogP contribution in [0.2, 0.25) is 0 Å². The van der Waals surface area contributed by atoms with Gasteiger partial charge >= 0.3 is 6.18 Å². The topological polar surface area (TPSA) is 59.1 Å². The number of ether oxygens (including phenoxy) is 1. The molecule has 0 saturated carbocycles. The molecule has 0 aliphatic carbocycles. The predicted octanol–water partition coefficient (Wildman–Crippen LogP) is 6.55. The molecular formula is C22H23F3N4O. The number of hydrogen-bond donors (Lipinski definition) is 2. The molecule has 8 heteroatoms. The molecule has 0 radical (unpaired) electrons. The second-order valence-electron chi connectivity index (χ2n) is 6.65. The zero-order valence-corrected chi connectivity index (χ0v) is 16.5. The van der Waals surface area contributed by atoms with Gasteiger partial charge in [-0.25, -0.2) is 4.98 Å². The molecule has 0 aliphatic heterocycles. The summed E-state index contributed by atoms with van der Waals surface area (Å²) in [6.45, 7) is 2.78. The molecule has 1 aromatic heterocycles. The van der Waals surface area contributed by atoms with Crippen molar-refractivity contribution in [3.63, 3.8) is 0 Å². The lowest BCUT2D eigenvalue weighted by molar-refractivity contribution is -0.137. The van der Waals surface area contributed by atoms with Crippen LogP contribution in [0.1, 0.15) is 31.7 Å². The Balaban J connectivity index is 1.73. The summed E-state index contributed by atoms with van der Waals surface area (Å²) in [5.41, 5.74) is 0.200. The highest BCUT2D eigenvalue weighted by Gasteiger charge is 2.35. The molecule has 158 valence electrons. The van der Waals surface area contributed by atoms with Gasteiger partial charge in [-0.2, -0.15) is 18.2 Å². The van der Waals surface area contributed by atoms with Crippen LogP contribution >= 0.6 is 0 Å². The van der Waals surface area contributed by atoms with E-state index in [1.807, 2.05) is 0 Å². The Morgan fingerprint density at radius 2 is 1.60 bits per heavy atom. The van der Waals surface area contributed by atoms with Gasteiger partial charge in [0.15, 0.2) is 0 Å². The van der Waals surface area contributed by atoms with Crippen molar-refractivity contribution in [2.75, 3.05) is 17.2 Å². The molecule has 3 aromatic rings. The Hall–Kier alpha value is -3.29. The van der Waals surface area contributed by atoms with Crippen molar-refractivity contribution in [2.24, 2.45) is 0 Å². The van der Waals surface area contributed by atoms with Crippen LogP contribution in [0.15, 0.2) is 60.8 Å². The van der Waals surface area contributed by atoms with Crippen molar-refractivity contribution in [3.8, 4) is 5.75 Å². The fourth-order valence-electron chi connectivity index (χ4n) is 2.71. The summed E-state index contributed by atoms with van der Waals surface area (Å²) in [5, 5.41) is 5.64. The van der Waals surface area contributed by atoms with Crippen LogP contribution in [0.4, 0.5) is 36.3 Å². The number of nitrogens with one attached hydrogen (secondary N) is 2. The lowest BCUT2D eigenvalue weighted by atomic mass is 10.2. The molecule has 2 aromatic carbocycles. The smallest absolute Gasteiger partial charge is 0.421 e. The summed E-state index contributed by atoms with van der Waals surface area (Å²) in [7, 11) is 0. The highest BCUT2D eigenvalue weighted by atomic mass is 19.4. The van der Waals surface area contributed by atoms with E-state index in [9.17, 15) is 13.2 Å². The van der Waals surface area contributed by atoms with E-state index in [1.54, 1.807) is 54.6 Å². The number of hydrogen-bond acceptors (Lipinski definition) is 5. The third kappa shape index (κ3) is 6.10. The Morgan fingerprint density at radius 3 is 2.27 bits per heavy atom. The predicted molar refractivity (Wildman–Crippen MR) is 112 cm³/mol. The highest BCUT2D eigenvalue weighted by molar-refractivity contribution is 5.63. The lowest BCUT2D eigenvalue weighted by Gasteiger charge is -2.15.